The molecule has 0 radical (unpaired) electrons. The van der Waals surface area contributed by atoms with Crippen LogP contribution in [0.4, 0.5) is 0 Å². The number of aldehydes is 1. The Morgan fingerprint density at radius 3 is 2.61 bits per heavy atom. The van der Waals surface area contributed by atoms with Crippen molar-refractivity contribution >= 4 is 12.1 Å². The van der Waals surface area contributed by atoms with E-state index in [0.717, 1.165) is 6.29 Å². The lowest BCUT2D eigenvalue weighted by molar-refractivity contribution is 0.103. The molecule has 2 aromatic rings. The van der Waals surface area contributed by atoms with Gasteiger partial charge in [-0.1, -0.05) is 30.3 Å². The Bertz CT molecular complexity index is 588. The highest BCUT2D eigenvalue weighted by Crippen LogP contribution is 2.21. The van der Waals surface area contributed by atoms with Gasteiger partial charge in [0.2, 0.25) is 0 Å². The van der Waals surface area contributed by atoms with Crippen molar-refractivity contribution in [3.63, 3.8) is 0 Å². The zero-order valence-corrected chi connectivity index (χ0v) is 9.92. The fourth-order valence-corrected chi connectivity index (χ4v) is 1.74. The predicted molar refractivity (Wildman–Crippen MR) is 68.3 cm³/mol. The first-order valence-electron chi connectivity index (χ1n) is 5.49. The number of hydrogen-bond acceptors (Lipinski definition) is 3. The SMILES string of the molecule is COc1ccccc1C(=O)c1cccc(C=O)c1. The van der Waals surface area contributed by atoms with Crippen LogP contribution in [-0.2, 0) is 0 Å². The number of ether oxygens (including phenoxy) is 1. The molecule has 0 atom stereocenters. The molecule has 0 saturated carbocycles. The molecule has 0 unspecified atom stereocenters. The Morgan fingerprint density at radius 2 is 1.89 bits per heavy atom. The van der Waals surface area contributed by atoms with Crippen molar-refractivity contribution in [2.24, 2.45) is 0 Å². The van der Waals surface area contributed by atoms with Gasteiger partial charge in [-0.3, -0.25) is 9.59 Å². The molecule has 0 heterocycles. The van der Waals surface area contributed by atoms with Crippen LogP contribution in [0.25, 0.3) is 0 Å². The Balaban J connectivity index is 2.44. The molecule has 0 aromatic heterocycles. The summed E-state index contributed by atoms with van der Waals surface area (Å²) in [6.07, 6.45) is 0.721. The van der Waals surface area contributed by atoms with Crippen LogP contribution in [-0.4, -0.2) is 19.2 Å². The van der Waals surface area contributed by atoms with Crippen LogP contribution in [0.15, 0.2) is 48.5 Å². The fourth-order valence-electron chi connectivity index (χ4n) is 1.74. The molecular formula is C15H12O3. The average molecular weight is 240 g/mol. The highest BCUT2D eigenvalue weighted by molar-refractivity contribution is 6.11. The molecule has 0 aliphatic carbocycles. The van der Waals surface area contributed by atoms with Gasteiger partial charge in [0, 0.05) is 11.1 Å². The topological polar surface area (TPSA) is 43.4 Å². The van der Waals surface area contributed by atoms with Gasteiger partial charge >= 0.3 is 0 Å². The zero-order valence-electron chi connectivity index (χ0n) is 9.92. The molecule has 0 saturated heterocycles. The summed E-state index contributed by atoms with van der Waals surface area (Å²) in [5.74, 6) is 0.371. The average Bonchev–Trinajstić information content (AvgIpc) is 2.46. The number of ketones is 1. The summed E-state index contributed by atoms with van der Waals surface area (Å²) >= 11 is 0. The van der Waals surface area contributed by atoms with E-state index in [-0.39, 0.29) is 5.78 Å². The van der Waals surface area contributed by atoms with E-state index < -0.39 is 0 Å². The maximum absolute atomic E-state index is 12.3. The molecule has 0 bridgehead atoms. The molecule has 0 N–H and O–H groups in total. The number of methoxy groups -OCH3 is 1. The highest BCUT2D eigenvalue weighted by atomic mass is 16.5. The summed E-state index contributed by atoms with van der Waals surface area (Å²) in [6, 6.07) is 13.6. The molecule has 0 fully saturated rings. The van der Waals surface area contributed by atoms with Gasteiger partial charge in [-0.25, -0.2) is 0 Å². The summed E-state index contributed by atoms with van der Waals surface area (Å²) < 4.78 is 5.15. The maximum Gasteiger partial charge on any atom is 0.196 e. The van der Waals surface area contributed by atoms with Gasteiger partial charge in [-0.05, 0) is 18.2 Å². The van der Waals surface area contributed by atoms with Gasteiger partial charge in [0.25, 0.3) is 0 Å². The minimum atomic E-state index is -0.156. The molecule has 0 aliphatic rings. The van der Waals surface area contributed by atoms with Gasteiger partial charge < -0.3 is 4.74 Å². The van der Waals surface area contributed by atoms with Crippen molar-refractivity contribution in [1.29, 1.82) is 0 Å². The van der Waals surface area contributed by atoms with E-state index in [1.54, 1.807) is 48.5 Å². The third-order valence-electron chi connectivity index (χ3n) is 2.64. The molecule has 18 heavy (non-hydrogen) atoms. The highest BCUT2D eigenvalue weighted by Gasteiger charge is 2.13. The van der Waals surface area contributed by atoms with Crippen LogP contribution in [0.2, 0.25) is 0 Å². The lowest BCUT2D eigenvalue weighted by Gasteiger charge is -2.07. The second kappa shape index (κ2) is 5.27. The van der Waals surface area contributed by atoms with Gasteiger partial charge in [-0.2, -0.15) is 0 Å². The lowest BCUT2D eigenvalue weighted by atomic mass is 10.0. The van der Waals surface area contributed by atoms with E-state index in [0.29, 0.717) is 22.4 Å². The number of para-hydroxylation sites is 1. The molecule has 90 valence electrons. The van der Waals surface area contributed by atoms with Crippen LogP contribution >= 0.6 is 0 Å². The Kier molecular flexibility index (Phi) is 3.53. The number of rotatable bonds is 4. The Labute approximate surface area is 105 Å². The molecule has 0 amide bonds. The van der Waals surface area contributed by atoms with Crippen LogP contribution < -0.4 is 4.74 Å². The quantitative estimate of drug-likeness (QED) is 0.609. The first kappa shape index (κ1) is 12.0. The first-order chi connectivity index (χ1) is 8.76. The summed E-state index contributed by atoms with van der Waals surface area (Å²) in [4.78, 5) is 23.0. The predicted octanol–water partition coefficient (Wildman–Crippen LogP) is 2.74. The molecule has 0 aliphatic heterocycles. The van der Waals surface area contributed by atoms with Crippen LogP contribution in [0, 0.1) is 0 Å². The molecule has 0 spiro atoms. The Morgan fingerprint density at radius 1 is 1.11 bits per heavy atom. The summed E-state index contributed by atoms with van der Waals surface area (Å²) in [5.41, 5.74) is 1.45. The normalized spacial score (nSPS) is 9.83. The maximum atomic E-state index is 12.3. The second-order valence-electron chi connectivity index (χ2n) is 3.77. The first-order valence-corrected chi connectivity index (χ1v) is 5.49. The van der Waals surface area contributed by atoms with E-state index in [1.807, 2.05) is 0 Å². The largest absolute Gasteiger partial charge is 0.496 e. The van der Waals surface area contributed by atoms with Gasteiger partial charge in [-0.15, -0.1) is 0 Å². The Hall–Kier alpha value is -2.42. The van der Waals surface area contributed by atoms with E-state index in [9.17, 15) is 9.59 Å². The van der Waals surface area contributed by atoms with Crippen LogP contribution in [0.5, 0.6) is 5.75 Å². The van der Waals surface area contributed by atoms with E-state index in [2.05, 4.69) is 0 Å². The summed E-state index contributed by atoms with van der Waals surface area (Å²) in [7, 11) is 1.52. The number of carbonyl (C=O) groups is 2. The van der Waals surface area contributed by atoms with Crippen molar-refractivity contribution in [2.45, 2.75) is 0 Å². The minimum Gasteiger partial charge on any atom is -0.496 e. The summed E-state index contributed by atoms with van der Waals surface area (Å²) in [5, 5.41) is 0. The third-order valence-corrected chi connectivity index (χ3v) is 2.64. The number of benzene rings is 2. The van der Waals surface area contributed by atoms with Crippen molar-refractivity contribution in [1.82, 2.24) is 0 Å². The molecule has 3 nitrogen and oxygen atoms in total. The van der Waals surface area contributed by atoms with E-state index in [4.69, 9.17) is 4.74 Å². The minimum absolute atomic E-state index is 0.156. The van der Waals surface area contributed by atoms with E-state index >= 15 is 0 Å². The standard InChI is InChI=1S/C15H12O3/c1-18-14-8-3-2-7-13(14)15(17)12-6-4-5-11(9-12)10-16/h2-10H,1H3. The monoisotopic (exact) mass is 240 g/mol. The van der Waals surface area contributed by atoms with Crippen molar-refractivity contribution < 1.29 is 14.3 Å². The van der Waals surface area contributed by atoms with Crippen LogP contribution in [0.3, 0.4) is 0 Å². The van der Waals surface area contributed by atoms with Gasteiger partial charge in [0.05, 0.1) is 12.7 Å². The van der Waals surface area contributed by atoms with Gasteiger partial charge in [0.15, 0.2) is 5.78 Å². The smallest absolute Gasteiger partial charge is 0.196 e. The molecule has 2 rings (SSSR count). The summed E-state index contributed by atoms with van der Waals surface area (Å²) in [6.45, 7) is 0. The molecule has 3 heteroatoms. The van der Waals surface area contributed by atoms with Crippen molar-refractivity contribution in [3.05, 3.63) is 65.2 Å². The van der Waals surface area contributed by atoms with E-state index in [1.165, 1.54) is 7.11 Å². The third kappa shape index (κ3) is 2.30. The van der Waals surface area contributed by atoms with Gasteiger partial charge in [0.1, 0.15) is 12.0 Å². The molecule has 2 aromatic carbocycles. The van der Waals surface area contributed by atoms with Crippen molar-refractivity contribution in [2.75, 3.05) is 7.11 Å². The molecular weight excluding hydrogens is 228 g/mol. The zero-order chi connectivity index (χ0) is 13.0. The number of carbonyl (C=O) groups excluding carboxylic acids is 2. The fraction of sp³-hybridized carbons (Fsp3) is 0.0667. The van der Waals surface area contributed by atoms with Crippen LogP contribution in [0.1, 0.15) is 26.3 Å². The van der Waals surface area contributed by atoms with Crippen molar-refractivity contribution in [3.8, 4) is 5.75 Å². The lowest BCUT2D eigenvalue weighted by Crippen LogP contribution is -2.04. The second-order valence-corrected chi connectivity index (χ2v) is 3.77. The number of hydrogen-bond donors (Lipinski definition) is 0.